The molecule has 1 N–H and O–H groups in total. The Morgan fingerprint density at radius 3 is 2.38 bits per heavy atom. The third-order valence-corrected chi connectivity index (χ3v) is 1.31. The van der Waals surface area contributed by atoms with E-state index < -0.39 is 0 Å². The number of hydrogen-bond donors (Lipinski definition) is 1. The van der Waals surface area contributed by atoms with Crippen LogP contribution in [0.5, 0.6) is 0 Å². The molecule has 1 radical (unpaired) electrons. The Morgan fingerprint density at radius 1 is 1.62 bits per heavy atom. The number of rotatable bonds is 1. The highest BCUT2D eigenvalue weighted by molar-refractivity contribution is 5.74. The number of amides is 1. The molecule has 1 rings (SSSR count). The van der Waals surface area contributed by atoms with Crippen molar-refractivity contribution in [1.29, 1.82) is 0 Å². The highest BCUT2D eigenvalue weighted by atomic mass is 16.1. The lowest BCUT2D eigenvalue weighted by Gasteiger charge is -2.24. The van der Waals surface area contributed by atoms with Crippen LogP contribution in [0.25, 0.3) is 0 Å². The fourth-order valence-electron chi connectivity index (χ4n) is 0.727. The second-order valence-corrected chi connectivity index (χ2v) is 2.14. The predicted octanol–water partition coefficient (Wildman–Crippen LogP) is 0.838. The highest BCUT2D eigenvalue weighted by Gasteiger charge is 2.18. The maximum absolute atomic E-state index is 10.3. The topological polar surface area (TPSA) is 29.1 Å². The van der Waals surface area contributed by atoms with E-state index in [4.69, 9.17) is 0 Å². The van der Waals surface area contributed by atoms with Crippen molar-refractivity contribution in [3.8, 4) is 0 Å². The van der Waals surface area contributed by atoms with Crippen LogP contribution in [0.3, 0.4) is 0 Å². The van der Waals surface area contributed by atoms with Crippen molar-refractivity contribution in [2.45, 2.75) is 26.2 Å². The van der Waals surface area contributed by atoms with Crippen LogP contribution >= 0.6 is 0 Å². The van der Waals surface area contributed by atoms with Gasteiger partial charge >= 0.3 is 0 Å². The molecular weight excluding hydrogens is 102 g/mol. The minimum absolute atomic E-state index is 0.0692. The van der Waals surface area contributed by atoms with Gasteiger partial charge in [-0.25, -0.2) is 0 Å². The van der Waals surface area contributed by atoms with Gasteiger partial charge < -0.3 is 5.32 Å². The van der Waals surface area contributed by atoms with E-state index in [2.05, 4.69) is 5.32 Å². The van der Waals surface area contributed by atoms with Crippen LogP contribution in [0, 0.1) is 6.04 Å². The molecule has 0 bridgehead atoms. The molecule has 1 amide bonds. The van der Waals surface area contributed by atoms with Crippen LogP contribution in [0.2, 0.25) is 0 Å². The van der Waals surface area contributed by atoms with Gasteiger partial charge in [-0.2, -0.15) is 0 Å². The van der Waals surface area contributed by atoms with Crippen molar-refractivity contribution < 1.29 is 4.79 Å². The third kappa shape index (κ3) is 1.22. The first-order valence-electron chi connectivity index (χ1n) is 2.91. The summed E-state index contributed by atoms with van der Waals surface area (Å²) in [5.74, 6) is 0.0692. The lowest BCUT2D eigenvalue weighted by Crippen LogP contribution is -2.30. The molecule has 0 aliphatic heterocycles. The number of carbonyl (C=O) groups is 1. The molecule has 45 valence electrons. The molecule has 0 aromatic heterocycles. The van der Waals surface area contributed by atoms with E-state index in [1.165, 1.54) is 12.5 Å². The van der Waals surface area contributed by atoms with Gasteiger partial charge in [0.05, 0.1) is 6.04 Å². The maximum Gasteiger partial charge on any atom is 0.217 e. The van der Waals surface area contributed by atoms with E-state index in [-0.39, 0.29) is 5.91 Å². The molecule has 0 aromatic rings. The molecule has 8 heavy (non-hydrogen) atoms. The van der Waals surface area contributed by atoms with Gasteiger partial charge in [-0.3, -0.25) is 4.79 Å². The van der Waals surface area contributed by atoms with Crippen LogP contribution in [-0.2, 0) is 4.79 Å². The van der Waals surface area contributed by atoms with Crippen molar-refractivity contribution in [2.24, 2.45) is 0 Å². The second-order valence-electron chi connectivity index (χ2n) is 2.14. The summed E-state index contributed by atoms with van der Waals surface area (Å²) in [5, 5.41) is 2.76. The van der Waals surface area contributed by atoms with Crippen molar-refractivity contribution in [3.05, 3.63) is 6.04 Å². The Labute approximate surface area is 49.3 Å². The summed E-state index contributed by atoms with van der Waals surface area (Å²) >= 11 is 0. The lowest BCUT2D eigenvalue weighted by atomic mass is 9.93. The standard InChI is InChI=1S/C6H10NO/c1-5(8)7-6-3-2-4-6/h2-4H2,1H3,(H,7,8). The fraction of sp³-hybridized carbons (Fsp3) is 0.667. The summed E-state index contributed by atoms with van der Waals surface area (Å²) in [4.78, 5) is 10.3. The van der Waals surface area contributed by atoms with Gasteiger partial charge in [0.2, 0.25) is 5.91 Å². The molecule has 2 nitrogen and oxygen atoms in total. The molecule has 1 saturated carbocycles. The predicted molar refractivity (Wildman–Crippen MR) is 30.9 cm³/mol. The molecule has 0 aromatic carbocycles. The van der Waals surface area contributed by atoms with Crippen LogP contribution in [0.4, 0.5) is 0 Å². The van der Waals surface area contributed by atoms with E-state index in [0.29, 0.717) is 0 Å². The van der Waals surface area contributed by atoms with Gasteiger partial charge in [0.1, 0.15) is 0 Å². The van der Waals surface area contributed by atoms with Crippen molar-refractivity contribution in [2.75, 3.05) is 0 Å². The monoisotopic (exact) mass is 112 g/mol. The van der Waals surface area contributed by atoms with Gasteiger partial charge in [0.25, 0.3) is 0 Å². The molecule has 0 unspecified atom stereocenters. The highest BCUT2D eigenvalue weighted by Crippen LogP contribution is 2.25. The number of nitrogens with one attached hydrogen (secondary N) is 1. The van der Waals surface area contributed by atoms with E-state index in [1.807, 2.05) is 0 Å². The van der Waals surface area contributed by atoms with Crippen LogP contribution in [-0.4, -0.2) is 5.91 Å². The van der Waals surface area contributed by atoms with Crippen LogP contribution in [0.15, 0.2) is 0 Å². The summed E-state index contributed by atoms with van der Waals surface area (Å²) in [6.45, 7) is 1.55. The lowest BCUT2D eigenvalue weighted by molar-refractivity contribution is -0.119. The van der Waals surface area contributed by atoms with Gasteiger partial charge in [0, 0.05) is 6.92 Å². The summed E-state index contributed by atoms with van der Waals surface area (Å²) in [7, 11) is 0. The molecule has 0 spiro atoms. The van der Waals surface area contributed by atoms with Gasteiger partial charge in [-0.1, -0.05) is 0 Å². The minimum atomic E-state index is 0.0692. The Morgan fingerprint density at radius 2 is 2.25 bits per heavy atom. The average Bonchev–Trinajstić information content (AvgIpc) is 1.55. The zero-order valence-corrected chi connectivity index (χ0v) is 5.03. The van der Waals surface area contributed by atoms with Crippen LogP contribution < -0.4 is 5.32 Å². The molecule has 0 atom stereocenters. The van der Waals surface area contributed by atoms with Crippen LogP contribution in [0.1, 0.15) is 26.2 Å². The first-order valence-corrected chi connectivity index (χ1v) is 2.91. The van der Waals surface area contributed by atoms with Crippen molar-refractivity contribution in [3.63, 3.8) is 0 Å². The van der Waals surface area contributed by atoms with Crippen molar-refractivity contribution >= 4 is 5.91 Å². The summed E-state index contributed by atoms with van der Waals surface area (Å²) in [6.07, 6.45) is 3.44. The van der Waals surface area contributed by atoms with Gasteiger partial charge in [0.15, 0.2) is 0 Å². The minimum Gasteiger partial charge on any atom is -0.349 e. The third-order valence-electron chi connectivity index (χ3n) is 1.31. The zero-order valence-electron chi connectivity index (χ0n) is 5.03. The number of hydrogen-bond acceptors (Lipinski definition) is 1. The molecule has 0 heterocycles. The first-order chi connectivity index (χ1) is 3.79. The summed E-state index contributed by atoms with van der Waals surface area (Å²) < 4.78 is 0. The number of carbonyl (C=O) groups excluding carboxylic acids is 1. The van der Waals surface area contributed by atoms with E-state index >= 15 is 0 Å². The molecule has 1 fully saturated rings. The summed E-state index contributed by atoms with van der Waals surface area (Å²) in [5.41, 5.74) is 0. The Hall–Kier alpha value is -0.530. The Balaban J connectivity index is 2.09. The molecule has 0 saturated heterocycles. The average molecular weight is 112 g/mol. The van der Waals surface area contributed by atoms with E-state index in [9.17, 15) is 4.79 Å². The Kier molecular flexibility index (Phi) is 1.51. The fourth-order valence-corrected chi connectivity index (χ4v) is 0.727. The second kappa shape index (κ2) is 2.16. The quantitative estimate of drug-likeness (QED) is 0.535. The normalized spacial score (nSPS) is 19.6. The molecule has 2 heteroatoms. The van der Waals surface area contributed by atoms with Gasteiger partial charge in [-0.15, -0.1) is 0 Å². The van der Waals surface area contributed by atoms with E-state index in [0.717, 1.165) is 12.8 Å². The van der Waals surface area contributed by atoms with Gasteiger partial charge in [-0.05, 0) is 19.3 Å². The smallest absolute Gasteiger partial charge is 0.217 e. The SMILES string of the molecule is CC(=O)N[C]1CCC1. The molecule has 1 aliphatic carbocycles. The molecule has 1 aliphatic rings. The van der Waals surface area contributed by atoms with E-state index in [1.54, 1.807) is 6.92 Å². The Bertz CT molecular complexity index is 96.7. The zero-order chi connectivity index (χ0) is 5.98. The first kappa shape index (κ1) is 5.60. The molecular formula is C6H10NO. The van der Waals surface area contributed by atoms with Crippen molar-refractivity contribution in [1.82, 2.24) is 5.32 Å². The summed E-state index contributed by atoms with van der Waals surface area (Å²) in [6, 6.07) is 1.21. The largest absolute Gasteiger partial charge is 0.349 e. The maximum atomic E-state index is 10.3.